The Morgan fingerprint density at radius 1 is 1.13 bits per heavy atom. The zero-order chi connectivity index (χ0) is 17.0. The van der Waals surface area contributed by atoms with Crippen LogP contribution in [0.3, 0.4) is 0 Å². The third-order valence-corrected chi connectivity index (χ3v) is 3.66. The molecule has 0 N–H and O–H groups in total. The first-order chi connectivity index (χ1) is 11.0. The zero-order valence-electron chi connectivity index (χ0n) is 13.1. The number of carbonyl (C=O) groups is 3. The first-order valence-corrected chi connectivity index (χ1v) is 7.12. The zero-order valence-corrected chi connectivity index (χ0v) is 13.1. The Morgan fingerprint density at radius 3 is 2.30 bits per heavy atom. The fourth-order valence-corrected chi connectivity index (χ4v) is 2.58. The lowest BCUT2D eigenvalue weighted by Crippen LogP contribution is -2.32. The molecular weight excluding hydrogens is 304 g/mol. The predicted octanol–water partition coefficient (Wildman–Crippen LogP) is 1.06. The minimum Gasteiger partial charge on any atom is -0.497 e. The van der Waals surface area contributed by atoms with Crippen LogP contribution in [0.25, 0.3) is 0 Å². The second kappa shape index (κ2) is 7.13. The van der Waals surface area contributed by atoms with Gasteiger partial charge in [-0.1, -0.05) is 12.1 Å². The van der Waals surface area contributed by atoms with Gasteiger partial charge < -0.3 is 18.9 Å². The van der Waals surface area contributed by atoms with Gasteiger partial charge in [-0.15, -0.1) is 0 Å². The van der Waals surface area contributed by atoms with Crippen LogP contribution in [-0.4, -0.2) is 44.8 Å². The van der Waals surface area contributed by atoms with Crippen molar-refractivity contribution < 1.29 is 33.3 Å². The molecule has 2 rings (SSSR count). The minimum atomic E-state index is -1.21. The van der Waals surface area contributed by atoms with Crippen LogP contribution in [0, 0.1) is 5.92 Å². The van der Waals surface area contributed by atoms with E-state index in [1.165, 1.54) is 14.2 Å². The highest BCUT2D eigenvalue weighted by Crippen LogP contribution is 2.39. The molecule has 7 nitrogen and oxygen atoms in total. The second-order valence-corrected chi connectivity index (χ2v) is 4.91. The molecule has 23 heavy (non-hydrogen) atoms. The molecule has 7 heteroatoms. The maximum atomic E-state index is 12.1. The Bertz CT molecular complexity index is 593. The second-order valence-electron chi connectivity index (χ2n) is 4.91. The van der Waals surface area contributed by atoms with Crippen LogP contribution in [0.1, 0.15) is 18.4 Å². The number of cyclic esters (lactones) is 1. The highest BCUT2D eigenvalue weighted by atomic mass is 16.6. The van der Waals surface area contributed by atoms with Crippen LogP contribution < -0.4 is 4.74 Å². The van der Waals surface area contributed by atoms with E-state index >= 15 is 0 Å². The smallest absolute Gasteiger partial charge is 0.348 e. The molecule has 0 spiro atoms. The largest absolute Gasteiger partial charge is 0.497 e. The van der Waals surface area contributed by atoms with Crippen molar-refractivity contribution in [1.82, 2.24) is 0 Å². The molecule has 0 radical (unpaired) electrons. The van der Waals surface area contributed by atoms with Gasteiger partial charge in [0.15, 0.2) is 5.92 Å². The Balaban J connectivity index is 2.41. The number of methoxy groups -OCH3 is 2. The van der Waals surface area contributed by atoms with Gasteiger partial charge in [-0.05, 0) is 24.6 Å². The van der Waals surface area contributed by atoms with Crippen LogP contribution in [0.5, 0.6) is 5.75 Å². The third kappa shape index (κ3) is 3.28. The number of benzene rings is 1. The summed E-state index contributed by atoms with van der Waals surface area (Å²) in [6.07, 6.45) is -1.18. The summed E-state index contributed by atoms with van der Waals surface area (Å²) in [6, 6.07) is 6.70. The first kappa shape index (κ1) is 16.8. The molecule has 1 saturated heterocycles. The van der Waals surface area contributed by atoms with Gasteiger partial charge in [-0.2, -0.15) is 0 Å². The lowest BCUT2D eigenvalue weighted by molar-refractivity contribution is -0.163. The van der Waals surface area contributed by atoms with Gasteiger partial charge in [0.1, 0.15) is 5.75 Å². The summed E-state index contributed by atoms with van der Waals surface area (Å²) in [7, 11) is 2.70. The summed E-state index contributed by atoms with van der Waals surface area (Å²) in [4.78, 5) is 36.1. The van der Waals surface area contributed by atoms with Gasteiger partial charge in [0.25, 0.3) is 0 Å². The molecule has 0 saturated carbocycles. The average molecular weight is 322 g/mol. The molecule has 0 aliphatic carbocycles. The topological polar surface area (TPSA) is 88.1 Å². The summed E-state index contributed by atoms with van der Waals surface area (Å²) in [6.45, 7) is 1.79. The molecule has 1 aliphatic rings. The predicted molar refractivity (Wildman–Crippen MR) is 77.8 cm³/mol. The summed E-state index contributed by atoms with van der Waals surface area (Å²) >= 11 is 0. The molecule has 124 valence electrons. The van der Waals surface area contributed by atoms with E-state index in [0.717, 1.165) is 0 Å². The van der Waals surface area contributed by atoms with Crippen molar-refractivity contribution in [3.05, 3.63) is 29.8 Å². The fourth-order valence-electron chi connectivity index (χ4n) is 2.58. The highest BCUT2D eigenvalue weighted by molar-refractivity contribution is 6.00. The molecule has 1 aromatic carbocycles. The molecule has 0 bridgehead atoms. The Hall–Kier alpha value is -2.57. The number of rotatable bonds is 5. The van der Waals surface area contributed by atoms with Gasteiger partial charge >= 0.3 is 17.9 Å². The molecule has 0 amide bonds. The van der Waals surface area contributed by atoms with E-state index in [1.54, 1.807) is 31.2 Å². The van der Waals surface area contributed by atoms with Crippen LogP contribution in [0.4, 0.5) is 0 Å². The third-order valence-electron chi connectivity index (χ3n) is 3.66. The lowest BCUT2D eigenvalue weighted by atomic mass is 9.84. The number of ether oxygens (including phenoxy) is 4. The monoisotopic (exact) mass is 322 g/mol. The van der Waals surface area contributed by atoms with Crippen molar-refractivity contribution in [3.63, 3.8) is 0 Å². The van der Waals surface area contributed by atoms with E-state index in [4.69, 9.17) is 14.2 Å². The molecule has 3 atom stereocenters. The molecule has 1 heterocycles. The van der Waals surface area contributed by atoms with Gasteiger partial charge in [-0.25, -0.2) is 4.79 Å². The maximum Gasteiger partial charge on any atom is 0.348 e. The number of hydrogen-bond acceptors (Lipinski definition) is 7. The molecule has 0 unspecified atom stereocenters. The maximum absolute atomic E-state index is 12.1. The van der Waals surface area contributed by atoms with Crippen molar-refractivity contribution in [2.75, 3.05) is 20.8 Å². The summed E-state index contributed by atoms with van der Waals surface area (Å²) in [5.74, 6) is -3.63. The summed E-state index contributed by atoms with van der Waals surface area (Å²) in [5.41, 5.74) is 0.588. The lowest BCUT2D eigenvalue weighted by Gasteiger charge is -2.19. The van der Waals surface area contributed by atoms with Crippen molar-refractivity contribution in [2.24, 2.45) is 5.92 Å². The van der Waals surface area contributed by atoms with E-state index in [1.807, 2.05) is 0 Å². The van der Waals surface area contributed by atoms with Crippen LogP contribution in [0.2, 0.25) is 0 Å². The fraction of sp³-hybridized carbons (Fsp3) is 0.438. The number of carbonyl (C=O) groups excluding carboxylic acids is 3. The molecule has 0 aromatic heterocycles. The SMILES string of the molecule is CCOC(=O)[C@@H]1OC(=O)[C@@H](C(=O)OC)[C@@H]1c1ccc(OC)cc1. The average Bonchev–Trinajstić information content (AvgIpc) is 2.92. The van der Waals surface area contributed by atoms with Gasteiger partial charge in [0, 0.05) is 0 Å². The van der Waals surface area contributed by atoms with Crippen molar-refractivity contribution in [1.29, 1.82) is 0 Å². The molecule has 1 aliphatic heterocycles. The minimum absolute atomic E-state index is 0.144. The highest BCUT2D eigenvalue weighted by Gasteiger charge is 2.53. The Labute approximate surface area is 133 Å². The molecular formula is C16H18O7. The van der Waals surface area contributed by atoms with E-state index in [0.29, 0.717) is 11.3 Å². The first-order valence-electron chi connectivity index (χ1n) is 7.12. The number of esters is 3. The van der Waals surface area contributed by atoms with E-state index in [-0.39, 0.29) is 6.61 Å². The van der Waals surface area contributed by atoms with Crippen molar-refractivity contribution in [2.45, 2.75) is 18.9 Å². The summed E-state index contributed by atoms with van der Waals surface area (Å²) < 4.78 is 19.8. The summed E-state index contributed by atoms with van der Waals surface area (Å²) in [5, 5.41) is 0. The quantitative estimate of drug-likeness (QED) is 0.455. The van der Waals surface area contributed by atoms with Crippen LogP contribution in [0.15, 0.2) is 24.3 Å². The van der Waals surface area contributed by atoms with Gasteiger partial charge in [0.05, 0.1) is 26.7 Å². The standard InChI is InChI=1S/C16H18O7/c1-4-22-16(19)13-11(9-5-7-10(20-2)8-6-9)12(14(17)21-3)15(18)23-13/h5-8,11-13H,4H2,1-3H3/t11-,12+,13+/m0/s1. The van der Waals surface area contributed by atoms with E-state index in [2.05, 4.69) is 4.74 Å². The Morgan fingerprint density at radius 2 is 1.78 bits per heavy atom. The Kier molecular flexibility index (Phi) is 5.20. The van der Waals surface area contributed by atoms with Crippen molar-refractivity contribution in [3.8, 4) is 5.75 Å². The van der Waals surface area contributed by atoms with Crippen molar-refractivity contribution >= 4 is 17.9 Å². The van der Waals surface area contributed by atoms with Crippen LogP contribution in [-0.2, 0) is 28.6 Å². The number of hydrogen-bond donors (Lipinski definition) is 0. The van der Waals surface area contributed by atoms with Gasteiger partial charge in [0.2, 0.25) is 6.10 Å². The van der Waals surface area contributed by atoms with E-state index < -0.39 is 35.8 Å². The molecule has 1 aromatic rings. The molecule has 1 fully saturated rings. The van der Waals surface area contributed by atoms with E-state index in [9.17, 15) is 14.4 Å². The van der Waals surface area contributed by atoms with Gasteiger partial charge in [-0.3, -0.25) is 9.59 Å². The normalized spacial score (nSPS) is 23.1. The van der Waals surface area contributed by atoms with Crippen LogP contribution >= 0.6 is 0 Å².